The molecule has 0 unspecified atom stereocenters. The predicted octanol–water partition coefficient (Wildman–Crippen LogP) is 1.02. The van der Waals surface area contributed by atoms with Gasteiger partial charge in [-0.05, 0) is 5.92 Å². The van der Waals surface area contributed by atoms with Crippen LogP contribution in [0.4, 0.5) is 11.9 Å². The smallest absolute Gasteiger partial charge is 0.241 e. The molecular formula is C13H18N8. The van der Waals surface area contributed by atoms with Gasteiger partial charge in [0.05, 0.1) is 12.5 Å². The van der Waals surface area contributed by atoms with E-state index in [1.165, 1.54) is 0 Å². The van der Waals surface area contributed by atoms with E-state index in [0.29, 0.717) is 30.8 Å². The van der Waals surface area contributed by atoms with Crippen LogP contribution in [-0.4, -0.2) is 37.6 Å². The van der Waals surface area contributed by atoms with Gasteiger partial charge < -0.3 is 10.6 Å². The van der Waals surface area contributed by atoms with E-state index >= 15 is 0 Å². The Morgan fingerprint density at radius 3 is 2.81 bits per heavy atom. The van der Waals surface area contributed by atoms with Crippen molar-refractivity contribution in [1.29, 1.82) is 5.26 Å². The van der Waals surface area contributed by atoms with E-state index in [2.05, 4.69) is 39.9 Å². The Labute approximate surface area is 123 Å². The number of rotatable bonds is 6. The molecule has 0 radical (unpaired) electrons. The van der Waals surface area contributed by atoms with Crippen molar-refractivity contribution in [3.8, 4) is 12.0 Å². The summed E-state index contributed by atoms with van der Waals surface area (Å²) >= 11 is 0. The number of nitrogens with zero attached hydrogens (tertiary/aromatic N) is 7. The van der Waals surface area contributed by atoms with Crippen LogP contribution in [0.15, 0.2) is 18.7 Å². The topological polar surface area (TPSA) is 110 Å². The van der Waals surface area contributed by atoms with Crippen LogP contribution in [-0.2, 0) is 0 Å². The molecule has 0 aromatic carbocycles. The molecule has 2 N–H and O–H groups in total. The van der Waals surface area contributed by atoms with Crippen molar-refractivity contribution in [3.63, 3.8) is 0 Å². The summed E-state index contributed by atoms with van der Waals surface area (Å²) in [5.41, 5.74) is 5.78. The van der Waals surface area contributed by atoms with E-state index in [9.17, 15) is 0 Å². The van der Waals surface area contributed by atoms with Gasteiger partial charge in [0.15, 0.2) is 0 Å². The number of aromatic nitrogens is 5. The second-order valence-electron chi connectivity index (χ2n) is 5.01. The second kappa shape index (κ2) is 6.65. The van der Waals surface area contributed by atoms with Crippen molar-refractivity contribution < 1.29 is 0 Å². The Balaban J connectivity index is 2.33. The van der Waals surface area contributed by atoms with Gasteiger partial charge in [0.1, 0.15) is 6.33 Å². The van der Waals surface area contributed by atoms with Gasteiger partial charge in [-0.1, -0.05) is 13.8 Å². The summed E-state index contributed by atoms with van der Waals surface area (Å²) in [6, 6.07) is 2.14. The van der Waals surface area contributed by atoms with Gasteiger partial charge in [0.25, 0.3) is 0 Å². The van der Waals surface area contributed by atoms with E-state index < -0.39 is 0 Å². The van der Waals surface area contributed by atoms with E-state index in [4.69, 9.17) is 11.0 Å². The molecule has 2 aromatic heterocycles. The lowest BCUT2D eigenvalue weighted by Gasteiger charge is -2.23. The third kappa shape index (κ3) is 3.89. The molecule has 0 spiro atoms. The summed E-state index contributed by atoms with van der Waals surface area (Å²) in [5.74, 6) is 1.46. The van der Waals surface area contributed by atoms with E-state index in [-0.39, 0.29) is 5.95 Å². The largest absolute Gasteiger partial charge is 0.368 e. The van der Waals surface area contributed by atoms with Crippen LogP contribution in [0.25, 0.3) is 5.95 Å². The zero-order chi connectivity index (χ0) is 15.2. The first-order valence-electron chi connectivity index (χ1n) is 6.72. The second-order valence-corrected chi connectivity index (χ2v) is 5.01. The third-order valence-electron chi connectivity index (χ3n) is 2.73. The molecule has 8 nitrogen and oxygen atoms in total. The first-order valence-corrected chi connectivity index (χ1v) is 6.72. The summed E-state index contributed by atoms with van der Waals surface area (Å²) in [6.07, 6.45) is 5.38. The van der Waals surface area contributed by atoms with Gasteiger partial charge in [-0.3, -0.25) is 4.57 Å². The first kappa shape index (κ1) is 14.7. The highest BCUT2D eigenvalue weighted by Crippen LogP contribution is 2.14. The lowest BCUT2D eigenvalue weighted by atomic mass is 10.2. The molecule has 0 saturated carbocycles. The van der Waals surface area contributed by atoms with E-state index in [1.807, 2.05) is 4.90 Å². The molecule has 2 heterocycles. The van der Waals surface area contributed by atoms with Crippen LogP contribution in [0.2, 0.25) is 0 Å². The van der Waals surface area contributed by atoms with E-state index in [0.717, 1.165) is 6.54 Å². The maximum Gasteiger partial charge on any atom is 0.241 e. The SMILES string of the molecule is CC(C)CN(CCC#N)c1nc(N)nc(-n2ccnc2)n1. The minimum Gasteiger partial charge on any atom is -0.368 e. The number of imidazole rings is 1. The quantitative estimate of drug-likeness (QED) is 0.843. The van der Waals surface area contributed by atoms with Crippen molar-refractivity contribution in [2.75, 3.05) is 23.7 Å². The standard InChI is InChI=1S/C13H18N8/c1-10(2)8-20(6-3-4-14)12-17-11(15)18-13(19-12)21-7-5-16-9-21/h5,7,9-10H,3,6,8H2,1-2H3,(H2,15,17,18,19). The number of anilines is 2. The molecule has 8 heteroatoms. The summed E-state index contributed by atoms with van der Waals surface area (Å²) in [4.78, 5) is 18.6. The number of nitrogen functional groups attached to an aromatic ring is 1. The lowest BCUT2D eigenvalue weighted by molar-refractivity contribution is 0.601. The predicted molar refractivity (Wildman–Crippen MR) is 78.6 cm³/mol. The fraction of sp³-hybridized carbons (Fsp3) is 0.462. The number of nitrogens with two attached hydrogens (primary N) is 1. The molecule has 0 aliphatic heterocycles. The van der Waals surface area contributed by atoms with Gasteiger partial charge in [0.2, 0.25) is 17.8 Å². The summed E-state index contributed by atoms with van der Waals surface area (Å²) in [7, 11) is 0. The lowest BCUT2D eigenvalue weighted by Crippen LogP contribution is -2.31. The Bertz CT molecular complexity index is 614. The molecule has 0 aliphatic carbocycles. The zero-order valence-corrected chi connectivity index (χ0v) is 12.1. The Morgan fingerprint density at radius 1 is 1.38 bits per heavy atom. The van der Waals surface area contributed by atoms with Crippen molar-refractivity contribution in [2.45, 2.75) is 20.3 Å². The number of nitriles is 1. The molecule has 0 atom stereocenters. The Morgan fingerprint density at radius 2 is 2.19 bits per heavy atom. The molecular weight excluding hydrogens is 268 g/mol. The highest BCUT2D eigenvalue weighted by Gasteiger charge is 2.14. The zero-order valence-electron chi connectivity index (χ0n) is 12.1. The molecule has 110 valence electrons. The van der Waals surface area contributed by atoms with Crippen LogP contribution in [0, 0.1) is 17.2 Å². The Kier molecular flexibility index (Phi) is 4.66. The summed E-state index contributed by atoms with van der Waals surface area (Å²) in [5, 5.41) is 8.79. The van der Waals surface area contributed by atoms with Crippen LogP contribution in [0.5, 0.6) is 0 Å². The van der Waals surface area contributed by atoms with E-state index in [1.54, 1.807) is 23.3 Å². The molecule has 21 heavy (non-hydrogen) atoms. The highest BCUT2D eigenvalue weighted by molar-refractivity contribution is 5.38. The molecule has 2 aromatic rings. The molecule has 0 amide bonds. The number of hydrogen-bond donors (Lipinski definition) is 1. The van der Waals surface area contributed by atoms with Crippen molar-refractivity contribution in [3.05, 3.63) is 18.7 Å². The van der Waals surface area contributed by atoms with Crippen LogP contribution < -0.4 is 10.6 Å². The van der Waals surface area contributed by atoms with Gasteiger partial charge in [-0.25, -0.2) is 4.98 Å². The van der Waals surface area contributed by atoms with Gasteiger partial charge in [-0.15, -0.1) is 0 Å². The molecule has 0 fully saturated rings. The summed E-state index contributed by atoms with van der Waals surface area (Å²) < 4.78 is 1.67. The van der Waals surface area contributed by atoms with Crippen molar-refractivity contribution >= 4 is 11.9 Å². The minimum atomic E-state index is 0.148. The molecule has 2 rings (SSSR count). The molecule has 0 bridgehead atoms. The van der Waals surface area contributed by atoms with Gasteiger partial charge >= 0.3 is 0 Å². The van der Waals surface area contributed by atoms with Crippen LogP contribution >= 0.6 is 0 Å². The minimum absolute atomic E-state index is 0.148. The highest BCUT2D eigenvalue weighted by atomic mass is 15.3. The average molecular weight is 286 g/mol. The molecule has 0 saturated heterocycles. The maximum atomic E-state index is 8.79. The summed E-state index contributed by atoms with van der Waals surface area (Å²) in [6.45, 7) is 5.50. The van der Waals surface area contributed by atoms with Crippen LogP contribution in [0.3, 0.4) is 0 Å². The number of hydrogen-bond acceptors (Lipinski definition) is 7. The normalized spacial score (nSPS) is 10.6. The van der Waals surface area contributed by atoms with Crippen molar-refractivity contribution in [1.82, 2.24) is 24.5 Å². The monoisotopic (exact) mass is 286 g/mol. The van der Waals surface area contributed by atoms with Crippen LogP contribution in [0.1, 0.15) is 20.3 Å². The van der Waals surface area contributed by atoms with Crippen molar-refractivity contribution in [2.24, 2.45) is 5.92 Å². The van der Waals surface area contributed by atoms with Gasteiger partial charge in [-0.2, -0.15) is 20.2 Å². The average Bonchev–Trinajstić information content (AvgIpc) is 2.96. The Hall–Kier alpha value is -2.69. The fourth-order valence-corrected chi connectivity index (χ4v) is 1.90. The van der Waals surface area contributed by atoms with Gasteiger partial charge in [0, 0.05) is 25.5 Å². The first-order chi connectivity index (χ1) is 10.1. The molecule has 0 aliphatic rings. The fourth-order valence-electron chi connectivity index (χ4n) is 1.90. The third-order valence-corrected chi connectivity index (χ3v) is 2.73. The maximum absolute atomic E-state index is 8.79.